The molecule has 0 bridgehead atoms. The van der Waals surface area contributed by atoms with E-state index in [1.165, 1.54) is 0 Å². The monoisotopic (exact) mass is 537 g/mol. The summed E-state index contributed by atoms with van der Waals surface area (Å²) in [6.45, 7) is -22.9. The number of methoxy groups -OCH3 is 4. The number of pyridine rings is 1. The lowest BCUT2D eigenvalue weighted by atomic mass is 10.1. The molecule has 11 heteroatoms. The zero-order valence-electron chi connectivity index (χ0n) is 32.6. The first-order chi connectivity index (χ1) is 22.8. The fraction of sp³-hybridized carbons (Fsp3) is 0.370. The fourth-order valence-electron chi connectivity index (χ4n) is 2.33. The molecular weight excluding hydrogens is 494 g/mol. The van der Waals surface area contributed by atoms with Gasteiger partial charge in [-0.25, -0.2) is 0 Å². The molecule has 0 atom stereocenters. The van der Waals surface area contributed by atoms with Gasteiger partial charge < -0.3 is 18.9 Å². The van der Waals surface area contributed by atoms with Gasteiger partial charge in [0.2, 0.25) is 0 Å². The second-order valence-electron chi connectivity index (χ2n) is 6.55. The van der Waals surface area contributed by atoms with Gasteiger partial charge in [-0.15, -0.1) is 0 Å². The van der Waals surface area contributed by atoms with Crippen LogP contribution in [0.2, 0.25) is 0 Å². The third-order valence-corrected chi connectivity index (χ3v) is 3.96. The van der Waals surface area contributed by atoms with E-state index in [1.54, 1.807) is 30.3 Å². The van der Waals surface area contributed by atoms with Gasteiger partial charge in [0.15, 0.2) is 0 Å². The van der Waals surface area contributed by atoms with Gasteiger partial charge in [-0.1, -0.05) is 30.0 Å². The van der Waals surface area contributed by atoms with Crippen LogP contribution in [0.15, 0.2) is 42.5 Å². The third kappa shape index (κ3) is 10.8. The van der Waals surface area contributed by atoms with Crippen LogP contribution in [0.5, 0.6) is 0 Å². The molecule has 0 aliphatic carbocycles. The topological polar surface area (TPSA) is 125 Å². The number of ether oxygens (including phenoxy) is 4. The van der Waals surface area contributed by atoms with Crippen LogP contribution >= 0.6 is 0 Å². The fourth-order valence-corrected chi connectivity index (χ4v) is 2.33. The first kappa shape index (κ1) is 16.5. The Morgan fingerprint density at radius 1 is 0.684 bits per heavy atom. The molecule has 1 heterocycles. The third-order valence-electron chi connectivity index (χ3n) is 3.96. The van der Waals surface area contributed by atoms with Crippen molar-refractivity contribution in [2.75, 3.05) is 54.4 Å². The van der Waals surface area contributed by atoms with Crippen molar-refractivity contribution in [1.29, 1.82) is 0 Å². The van der Waals surface area contributed by atoms with Crippen LogP contribution < -0.4 is 0 Å². The maximum absolute atomic E-state index is 12.6. The number of hydrogen-bond donors (Lipinski definition) is 0. The molecule has 2 rings (SSSR count). The van der Waals surface area contributed by atoms with Gasteiger partial charge in [0.25, 0.3) is 0 Å². The van der Waals surface area contributed by atoms with Crippen LogP contribution in [0, 0.1) is 11.8 Å². The largest absolute Gasteiger partial charge is 0.468 e. The van der Waals surface area contributed by atoms with Crippen LogP contribution in [0.1, 0.15) is 39.0 Å². The van der Waals surface area contributed by atoms with Crippen LogP contribution in [0.4, 0.5) is 0 Å². The number of carbonyl (C=O) groups excluding carboxylic acids is 4. The van der Waals surface area contributed by atoms with E-state index >= 15 is 0 Å². The van der Waals surface area contributed by atoms with Gasteiger partial charge in [-0.3, -0.25) is 34.0 Å². The van der Waals surface area contributed by atoms with Crippen molar-refractivity contribution < 1.29 is 54.6 Å². The van der Waals surface area contributed by atoms with E-state index in [9.17, 15) is 19.2 Å². The van der Waals surface area contributed by atoms with Crippen LogP contribution in [0.3, 0.4) is 0 Å². The number of carbonyl (C=O) groups is 4. The molecule has 0 spiro atoms. The highest BCUT2D eigenvalue weighted by molar-refractivity contribution is 5.75. The second kappa shape index (κ2) is 15.8. The minimum atomic E-state index is -3.83. The molecule has 38 heavy (non-hydrogen) atoms. The summed E-state index contributed by atoms with van der Waals surface area (Å²) < 4.78 is 119. The van der Waals surface area contributed by atoms with Gasteiger partial charge >= 0.3 is 23.9 Å². The molecular formula is C27H31N3O8. The predicted molar refractivity (Wildman–Crippen MR) is 135 cm³/mol. The zero-order valence-corrected chi connectivity index (χ0v) is 20.6. The van der Waals surface area contributed by atoms with Crippen LogP contribution in [-0.4, -0.2) is 93.1 Å². The zero-order chi connectivity index (χ0) is 38.7. The summed E-state index contributed by atoms with van der Waals surface area (Å²) in [4.78, 5) is 52.9. The first-order valence-electron chi connectivity index (χ1n) is 16.4. The number of aromatic nitrogens is 1. The lowest BCUT2D eigenvalue weighted by Gasteiger charge is -2.21. The van der Waals surface area contributed by atoms with E-state index in [4.69, 9.17) is 16.4 Å². The van der Waals surface area contributed by atoms with Gasteiger partial charge in [0.05, 0.1) is 76.8 Å². The molecule has 0 aliphatic heterocycles. The SMILES string of the molecule is [2H]C([2H])(C(=O)OC)N(C([2H])([2H])C(=O)OC)C([2H])([2H])c1cc(C#Cc2ccccc2)cc(C([2H])([2H])N(C([2H])([2H])C(=O)OC)C([2H])([2H])C(=O)OC)n1. The first-order valence-corrected chi connectivity index (χ1v) is 10.4. The maximum Gasteiger partial charge on any atom is 0.319 e. The summed E-state index contributed by atoms with van der Waals surface area (Å²) in [5, 5.41) is 0. The number of benzene rings is 1. The van der Waals surface area contributed by atoms with Crippen molar-refractivity contribution in [3.63, 3.8) is 0 Å². The molecule has 0 aliphatic rings. The van der Waals surface area contributed by atoms with E-state index in [1.807, 2.05) is 0 Å². The Morgan fingerprint density at radius 2 is 1.05 bits per heavy atom. The Morgan fingerprint density at radius 3 is 1.42 bits per heavy atom. The summed E-state index contributed by atoms with van der Waals surface area (Å²) in [5.41, 5.74) is -2.42. The molecule has 1 aromatic carbocycles. The van der Waals surface area contributed by atoms with Crippen molar-refractivity contribution in [2.24, 2.45) is 0 Å². The minimum absolute atomic E-state index is 0.356. The Labute approximate surface area is 238 Å². The lowest BCUT2D eigenvalue weighted by Crippen LogP contribution is -2.36. The summed E-state index contributed by atoms with van der Waals surface area (Å²) in [7, 11) is 2.74. The van der Waals surface area contributed by atoms with Crippen molar-refractivity contribution in [1.82, 2.24) is 14.8 Å². The van der Waals surface area contributed by atoms with Crippen molar-refractivity contribution >= 4 is 23.9 Å². The normalized spacial score (nSPS) is 17.3. The average molecular weight is 538 g/mol. The molecule has 0 radical (unpaired) electrons. The van der Waals surface area contributed by atoms with Crippen molar-refractivity contribution in [2.45, 2.75) is 13.0 Å². The Hall–Kier alpha value is -4.27. The molecule has 0 saturated carbocycles. The molecule has 0 N–H and O–H groups in total. The van der Waals surface area contributed by atoms with Crippen LogP contribution in [0.25, 0.3) is 0 Å². The quantitative estimate of drug-likeness (QED) is 0.217. The van der Waals surface area contributed by atoms with Gasteiger partial charge in [0.1, 0.15) is 0 Å². The summed E-state index contributed by atoms with van der Waals surface area (Å²) in [6.07, 6.45) is 0. The second-order valence-corrected chi connectivity index (χ2v) is 6.55. The number of hydrogen-bond acceptors (Lipinski definition) is 11. The molecule has 2 aromatic rings. The predicted octanol–water partition coefficient (Wildman–Crippen LogP) is 0.777. The van der Waals surface area contributed by atoms with E-state index in [0.717, 1.165) is 12.1 Å². The highest BCUT2D eigenvalue weighted by atomic mass is 16.5. The summed E-state index contributed by atoms with van der Waals surface area (Å²) in [6, 6.07) is 9.46. The Balaban J connectivity index is 3.17. The number of esters is 4. The van der Waals surface area contributed by atoms with Crippen LogP contribution in [-0.2, 0) is 51.1 Å². The number of rotatable bonds is 12. The van der Waals surface area contributed by atoms with E-state index in [0.29, 0.717) is 34.0 Å². The van der Waals surface area contributed by atoms with E-state index < -0.39 is 89.6 Å². The highest BCUT2D eigenvalue weighted by Gasteiger charge is 2.19. The Bertz CT molecular complexity index is 1530. The van der Waals surface area contributed by atoms with Crippen molar-refractivity contribution in [3.05, 3.63) is 65.0 Å². The summed E-state index contributed by atoms with van der Waals surface area (Å²) >= 11 is 0. The van der Waals surface area contributed by atoms with E-state index in [-0.39, 0.29) is 0 Å². The molecule has 11 nitrogen and oxygen atoms in total. The lowest BCUT2D eigenvalue weighted by molar-refractivity contribution is -0.147. The molecule has 1 aromatic heterocycles. The maximum atomic E-state index is 12.6. The molecule has 202 valence electrons. The summed E-state index contributed by atoms with van der Waals surface area (Å²) in [5.74, 6) is -2.36. The minimum Gasteiger partial charge on any atom is -0.468 e. The van der Waals surface area contributed by atoms with Gasteiger partial charge in [0, 0.05) is 29.6 Å². The average Bonchev–Trinajstić information content (AvgIpc) is 3.04. The molecule has 0 unspecified atom stereocenters. The molecule has 0 fully saturated rings. The molecule has 0 saturated heterocycles. The highest BCUT2D eigenvalue weighted by Crippen LogP contribution is 2.12. The van der Waals surface area contributed by atoms with Gasteiger partial charge in [-0.05, 0) is 24.3 Å². The van der Waals surface area contributed by atoms with Gasteiger partial charge in [-0.2, -0.15) is 0 Å². The van der Waals surface area contributed by atoms with E-state index in [2.05, 4.69) is 35.8 Å². The standard InChI is InChI=1S/C27H31N3O8/c1-35-24(31)16-29(17-25(32)36-2)14-22-12-21(11-10-20-8-6-5-7-9-20)13-23(28-22)15-30(18-26(33)37-3)19-27(34)38-4/h5-9,12-13H,14-19H2,1-4H3/i14D2,15D2,16D2,17D2,18D2,19D2. The van der Waals surface area contributed by atoms with Crippen molar-refractivity contribution in [3.8, 4) is 11.8 Å². The smallest absolute Gasteiger partial charge is 0.319 e. The Kier molecular flexibility index (Phi) is 6.86. The number of nitrogens with zero attached hydrogens (tertiary/aromatic N) is 3. The molecule has 0 amide bonds.